The summed E-state index contributed by atoms with van der Waals surface area (Å²) in [5, 5.41) is 13.9. The lowest BCUT2D eigenvalue weighted by Crippen LogP contribution is -2.67. The second-order valence-corrected chi connectivity index (χ2v) is 33.1. The van der Waals surface area contributed by atoms with Crippen molar-refractivity contribution in [2.24, 2.45) is 40.5 Å². The third-order valence-electron chi connectivity index (χ3n) is 21.9. The predicted molar refractivity (Wildman–Crippen MR) is 497 cm³/mol. The van der Waals surface area contributed by atoms with Gasteiger partial charge in [0.15, 0.2) is 0 Å². The number of carbonyl (C=O) groups is 15. The molecule has 33 heteroatoms. The maximum Gasteiger partial charge on any atom is 0.345 e. The molecule has 7 aromatic carbocycles. The predicted octanol–water partition coefficient (Wildman–Crippen LogP) is 10.5. The van der Waals surface area contributed by atoms with E-state index in [9.17, 15) is 24.0 Å². The fraction of sp³-hybridized carbons (Fsp3) is 0.418. The molecule has 7 rings (SSSR count). The highest BCUT2D eigenvalue weighted by atomic mass is 16.2. The zero-order chi connectivity index (χ0) is 95.2. The van der Waals surface area contributed by atoms with Gasteiger partial charge in [-0.2, -0.15) is 5.01 Å². The first-order valence-corrected chi connectivity index (χ1v) is 45.0. The molecule has 21 amide bonds. The number of unbranched alkanes of at least 4 members (excludes halogenated alkanes) is 3. The number of imide groups is 6. The minimum atomic E-state index is -1.87. The molecule has 0 aliphatic rings. The van der Waals surface area contributed by atoms with E-state index in [-0.39, 0.29) is 158 Å². The summed E-state index contributed by atoms with van der Waals surface area (Å²) in [6, 6.07) is 51.8. The molecule has 33 nitrogen and oxygen atoms in total. The maximum atomic E-state index is 16.4. The molecule has 702 valence electrons. The molecule has 0 saturated heterocycles. The summed E-state index contributed by atoms with van der Waals surface area (Å²) in [4.78, 5) is 233. The zero-order valence-corrected chi connectivity index (χ0v) is 75.8. The van der Waals surface area contributed by atoms with Crippen molar-refractivity contribution in [3.63, 3.8) is 0 Å². The van der Waals surface area contributed by atoms with Crippen LogP contribution in [0.15, 0.2) is 212 Å². The molecule has 0 radical (unpaired) electrons. The Bertz CT molecular complexity index is 4820. The second kappa shape index (κ2) is 56.0. The van der Waals surface area contributed by atoms with Gasteiger partial charge < -0.3 is 60.2 Å². The number of aryl methyl sites for hydroxylation is 4. The minimum absolute atomic E-state index is 0.0349. The van der Waals surface area contributed by atoms with Gasteiger partial charge in [0.2, 0.25) is 41.4 Å². The van der Waals surface area contributed by atoms with E-state index in [0.29, 0.717) is 58.7 Å². The van der Waals surface area contributed by atoms with Crippen LogP contribution in [0, 0.1) is 11.8 Å². The van der Waals surface area contributed by atoms with Crippen molar-refractivity contribution < 1.29 is 71.9 Å². The maximum absolute atomic E-state index is 16.4. The summed E-state index contributed by atoms with van der Waals surface area (Å²) in [6.07, 6.45) is -10.8. The molecule has 0 spiro atoms. The van der Waals surface area contributed by atoms with E-state index in [4.69, 9.17) is 28.7 Å². The van der Waals surface area contributed by atoms with Crippen LogP contribution in [0.5, 0.6) is 0 Å². The van der Waals surface area contributed by atoms with Gasteiger partial charge in [-0.15, -0.1) is 0 Å². The van der Waals surface area contributed by atoms with Gasteiger partial charge in [0.05, 0.1) is 0 Å². The summed E-state index contributed by atoms with van der Waals surface area (Å²) in [5.74, 6) is -9.45. The molecule has 0 aromatic heterocycles. The molecule has 0 saturated carbocycles. The van der Waals surface area contributed by atoms with E-state index >= 15 is 47.9 Å². The summed E-state index contributed by atoms with van der Waals surface area (Å²) >= 11 is 0. The lowest BCUT2D eigenvalue weighted by Gasteiger charge is -2.38. The van der Waals surface area contributed by atoms with Gasteiger partial charge in [0, 0.05) is 57.4 Å². The number of carbonyl (C=O) groups excluding carboxylic acids is 15. The van der Waals surface area contributed by atoms with Crippen molar-refractivity contribution in [1.29, 1.82) is 0 Å². The van der Waals surface area contributed by atoms with Crippen molar-refractivity contribution in [3.05, 3.63) is 251 Å². The Morgan fingerprint density at radius 1 is 0.290 bits per heavy atom. The van der Waals surface area contributed by atoms with Crippen LogP contribution >= 0.6 is 0 Å². The van der Waals surface area contributed by atoms with Gasteiger partial charge in [-0.05, 0) is 180 Å². The first-order valence-electron chi connectivity index (χ1n) is 45.0. The van der Waals surface area contributed by atoms with Crippen LogP contribution < -0.4 is 60.7 Å². The number of amides is 21. The third kappa shape index (κ3) is 35.5. The molecular weight excluding hydrogens is 1670 g/mol. The van der Waals surface area contributed by atoms with E-state index in [2.05, 4.69) is 32.0 Å². The van der Waals surface area contributed by atoms with Gasteiger partial charge in [0.1, 0.15) is 37.4 Å². The zero-order valence-electron chi connectivity index (χ0n) is 75.8. The molecule has 131 heavy (non-hydrogen) atoms. The third-order valence-corrected chi connectivity index (χ3v) is 21.9. The molecule has 0 bridgehead atoms. The SMILES string of the molecule is CC(C)CCC(=O)N(C(=O)N[C@@H](Cc1ccccc1)N(C(=O)CCC(C)C)C(=O)N[C@@H](CCCCN)N(C(=O)CCc1ccccc1)C(=O)NN(C(=O)CCc1ccccc1)C(=O)N[C@@H](CCCCN)N(C(=O)CCc1ccccc1)C(=O)N[C@@H](CCCCN)N(C(N)=O)C(=O)CCc1ccccc1)[C@H](Cc1ccccc1)NC(=O)C(=O)N(CC(N)=O)[C@@H](C)Cc1ccccc1. The number of nitrogens with zero attached hydrogens (tertiary/aromatic N) is 7. The fourth-order valence-electron chi connectivity index (χ4n) is 14.8. The quantitative estimate of drug-likeness (QED) is 0.00730. The summed E-state index contributed by atoms with van der Waals surface area (Å²) in [5.41, 5.74) is 36.6. The Labute approximate surface area is 767 Å². The van der Waals surface area contributed by atoms with Gasteiger partial charge in [-0.1, -0.05) is 240 Å². The molecule has 0 aliphatic heterocycles. The Morgan fingerprint density at radius 3 is 0.893 bits per heavy atom. The highest BCUT2D eigenvalue weighted by Gasteiger charge is 2.43. The van der Waals surface area contributed by atoms with E-state index in [1.54, 1.807) is 219 Å². The lowest BCUT2D eigenvalue weighted by atomic mass is 10.1. The van der Waals surface area contributed by atoms with Crippen molar-refractivity contribution in [2.45, 2.75) is 226 Å². The monoisotopic (exact) mass is 1800 g/mol. The van der Waals surface area contributed by atoms with E-state index in [1.807, 2.05) is 27.7 Å². The average molecular weight is 1800 g/mol. The number of urea groups is 6. The number of hydrazine groups is 1. The molecule has 16 N–H and O–H groups in total. The molecular formula is C98H130N18O15. The molecule has 0 aliphatic carbocycles. The first-order chi connectivity index (χ1) is 63.0. The molecule has 0 unspecified atom stereocenters. The highest BCUT2D eigenvalue weighted by molar-refractivity contribution is 6.35. The van der Waals surface area contributed by atoms with Crippen LogP contribution in [0.4, 0.5) is 28.8 Å². The van der Waals surface area contributed by atoms with Crippen molar-refractivity contribution in [1.82, 2.24) is 66.4 Å². The Balaban J connectivity index is 1.38. The average Bonchev–Trinajstić information content (AvgIpc) is 0.808. The molecule has 0 fully saturated rings. The normalized spacial score (nSPS) is 12.4. The van der Waals surface area contributed by atoms with Crippen LogP contribution in [0.2, 0.25) is 0 Å². The Kier molecular flexibility index (Phi) is 44.7. The van der Waals surface area contributed by atoms with Gasteiger partial charge in [0.25, 0.3) is 0 Å². The number of primary amides is 2. The standard InChI is InChI=1S/C98H130N18O15/c1-69(2)50-56-86(119)114(83(66-77-43-23-11-24-44-77)104-91(124)92(125)110(68-79(102)117)71(5)65-76-41-21-10-22-42-76)96(129)108-84(67-78-45-25-12-26-46-78)115(87(120)57-51-70(3)4)95(128)106-81(48-28-31-63-100)113(89(122)60-54-74-37-17-8-18-38-74)98(131)109-116(90(123)61-55-75-39-19-9-20-40-75)97(130)107-82(49-29-32-64-101)112(88(121)59-53-73-35-15-7-16-36-73)94(127)105-80(47-27-30-62-99)111(93(103)126)85(118)58-52-72-33-13-6-14-34-72/h6-26,33-46,69-71,80-84H,27-32,47-68,99-101H2,1-5H3,(H2,102,117)(H2,103,126)(H,104,124)(H,105,127)(H,106,128)(H,107,130)(H,108,129)(H,109,131)/t71-,80+,81+,82+,83+,84+/m0/s1. The smallest absolute Gasteiger partial charge is 0.345 e. The number of hydrogen-bond donors (Lipinski definition) is 11. The largest absolute Gasteiger partial charge is 0.368 e. The number of nitrogens with two attached hydrogens (primary N) is 5. The van der Waals surface area contributed by atoms with Crippen LogP contribution in [-0.4, -0.2) is 187 Å². The van der Waals surface area contributed by atoms with Crippen molar-refractivity contribution >= 4 is 89.4 Å². The lowest BCUT2D eigenvalue weighted by molar-refractivity contribution is -0.149. The number of rotatable bonds is 49. The van der Waals surface area contributed by atoms with Crippen molar-refractivity contribution in [3.8, 4) is 0 Å². The van der Waals surface area contributed by atoms with Crippen LogP contribution in [0.1, 0.15) is 183 Å². The second-order valence-electron chi connectivity index (χ2n) is 33.1. The summed E-state index contributed by atoms with van der Waals surface area (Å²) in [7, 11) is 0. The van der Waals surface area contributed by atoms with Crippen molar-refractivity contribution in [2.75, 3.05) is 26.2 Å². The molecule has 6 atom stereocenters. The van der Waals surface area contributed by atoms with Gasteiger partial charge >= 0.3 is 48.0 Å². The molecule has 7 aromatic rings. The van der Waals surface area contributed by atoms with Crippen LogP contribution in [-0.2, 0) is 88.1 Å². The number of hydrogen-bond acceptors (Lipinski definition) is 18. The Morgan fingerprint density at radius 2 is 0.565 bits per heavy atom. The van der Waals surface area contributed by atoms with Gasteiger partial charge in [-0.25, -0.2) is 58.7 Å². The van der Waals surface area contributed by atoms with Crippen LogP contribution in [0.3, 0.4) is 0 Å². The van der Waals surface area contributed by atoms with E-state index in [1.165, 1.54) is 0 Å². The summed E-state index contributed by atoms with van der Waals surface area (Å²) in [6.45, 7) is 8.56. The number of nitrogens with one attached hydrogen (secondary N) is 6. The van der Waals surface area contributed by atoms with Crippen LogP contribution in [0.25, 0.3) is 0 Å². The van der Waals surface area contributed by atoms with E-state index < -0.39 is 158 Å². The fourth-order valence-corrected chi connectivity index (χ4v) is 14.8. The van der Waals surface area contributed by atoms with Gasteiger partial charge in [-0.3, -0.25) is 43.2 Å². The Hall–Kier alpha value is -13.5. The first kappa shape index (κ1) is 105. The topological polar surface area (TPSA) is 481 Å². The number of benzene rings is 7. The highest BCUT2D eigenvalue weighted by Crippen LogP contribution is 2.24. The molecule has 0 heterocycles. The van der Waals surface area contributed by atoms with E-state index in [0.717, 1.165) is 16.0 Å². The summed E-state index contributed by atoms with van der Waals surface area (Å²) < 4.78 is 0. The minimum Gasteiger partial charge on any atom is -0.368 e.